The molecule has 228 valence electrons. The topological polar surface area (TPSA) is 87.5 Å². The Morgan fingerprint density at radius 2 is 1.79 bits per heavy atom. The minimum absolute atomic E-state index is 0.0209. The quantitative estimate of drug-likeness (QED) is 0.342. The van der Waals surface area contributed by atoms with E-state index in [2.05, 4.69) is 20.8 Å². The molecule has 0 bridgehead atoms. The first kappa shape index (κ1) is 30.6. The molecule has 2 aromatic heterocycles. The highest BCUT2D eigenvalue weighted by Gasteiger charge is 2.32. The van der Waals surface area contributed by atoms with Gasteiger partial charge in [0.2, 0.25) is 10.0 Å². The molecule has 3 aromatic rings. The molecule has 2 fully saturated rings. The fourth-order valence-corrected chi connectivity index (χ4v) is 7.75. The van der Waals surface area contributed by atoms with E-state index in [0.29, 0.717) is 23.1 Å². The van der Waals surface area contributed by atoms with Gasteiger partial charge in [-0.25, -0.2) is 17.5 Å². The molecule has 1 aliphatic heterocycles. The van der Waals surface area contributed by atoms with Crippen molar-refractivity contribution in [2.24, 2.45) is 5.92 Å². The Kier molecular flexibility index (Phi) is 9.06. The molecule has 0 atom stereocenters. The summed E-state index contributed by atoms with van der Waals surface area (Å²) in [5.41, 5.74) is 3.14. The number of nitrogens with one attached hydrogen (secondary N) is 1. The molecule has 1 saturated carbocycles. The summed E-state index contributed by atoms with van der Waals surface area (Å²) in [6.07, 6.45) is 12.1. The highest BCUT2D eigenvalue weighted by molar-refractivity contribution is 7.88. The van der Waals surface area contributed by atoms with E-state index < -0.39 is 15.8 Å². The molecule has 1 N–H and O–H groups in total. The van der Waals surface area contributed by atoms with Crippen molar-refractivity contribution in [3.8, 4) is 5.69 Å². The lowest BCUT2D eigenvalue weighted by Crippen LogP contribution is -2.45. The van der Waals surface area contributed by atoms with Crippen LogP contribution in [-0.4, -0.2) is 77.7 Å². The van der Waals surface area contributed by atoms with Crippen LogP contribution in [0.25, 0.3) is 16.6 Å². The minimum Gasteiger partial charge on any atom is -0.334 e. The van der Waals surface area contributed by atoms with Gasteiger partial charge in [-0.1, -0.05) is 0 Å². The van der Waals surface area contributed by atoms with Gasteiger partial charge in [0.25, 0.3) is 5.91 Å². The van der Waals surface area contributed by atoms with Crippen molar-refractivity contribution in [3.63, 3.8) is 0 Å². The number of carbonyl (C=O) groups excluding carboxylic acids is 1. The number of nitrogens with zero attached hydrogens (tertiary/aromatic N) is 4. The molecular formula is C32H44FN5O3S. The Bertz CT molecular complexity index is 1510. The molecule has 1 amide bonds. The molecule has 1 aromatic carbocycles. The molecular weight excluding hydrogens is 553 g/mol. The number of likely N-dealkylation sites (tertiary alicyclic amines) is 1. The van der Waals surface area contributed by atoms with Gasteiger partial charge in [-0.3, -0.25) is 9.78 Å². The Balaban J connectivity index is 1.30. The van der Waals surface area contributed by atoms with Gasteiger partial charge in [-0.05, 0) is 102 Å². The summed E-state index contributed by atoms with van der Waals surface area (Å²) in [7, 11) is -3.15. The second-order valence-corrected chi connectivity index (χ2v) is 14.5. The molecule has 1 aliphatic carbocycles. The van der Waals surface area contributed by atoms with Crippen molar-refractivity contribution in [2.45, 2.75) is 83.8 Å². The number of pyridine rings is 1. The fraction of sp³-hybridized carbons (Fsp3) is 0.562. The predicted octanol–water partition coefficient (Wildman–Crippen LogP) is 5.32. The fourth-order valence-electron chi connectivity index (χ4n) is 6.91. The standard InChI is InChI=1S/C32H44FN5O3S/c1-21(2)38(22(3)4)32(39)28-16-25(33)8-11-30(28)37-20-29(27-12-14-34-17-31(27)37)24-18-36(19-24)15-13-23-6-9-26(10-7-23)35-42(5,40)41/h8,11-12,14,16-17,20-24,26,35H,6-7,9-10,13,15,18-19H2,1-5H3. The van der Waals surface area contributed by atoms with Gasteiger partial charge in [-0.2, -0.15) is 0 Å². The molecule has 5 rings (SSSR count). The van der Waals surface area contributed by atoms with Gasteiger partial charge in [0, 0.05) is 54.9 Å². The molecule has 42 heavy (non-hydrogen) atoms. The Morgan fingerprint density at radius 1 is 1.10 bits per heavy atom. The van der Waals surface area contributed by atoms with Crippen molar-refractivity contribution >= 4 is 26.8 Å². The maximum absolute atomic E-state index is 14.5. The van der Waals surface area contributed by atoms with Crippen LogP contribution in [0, 0.1) is 11.7 Å². The SMILES string of the molecule is CC(C)N(C(=O)c1cc(F)ccc1-n1cc(C2CN(CCC3CCC(NS(C)(=O)=O)CC3)C2)c2ccncc21)C(C)C. The van der Waals surface area contributed by atoms with E-state index in [1.165, 1.54) is 24.0 Å². The normalized spacial score (nSPS) is 20.4. The zero-order valence-corrected chi connectivity index (χ0v) is 26.2. The van der Waals surface area contributed by atoms with Gasteiger partial charge >= 0.3 is 0 Å². The van der Waals surface area contributed by atoms with Crippen molar-refractivity contribution in [2.75, 3.05) is 25.9 Å². The maximum Gasteiger partial charge on any atom is 0.256 e. The van der Waals surface area contributed by atoms with Crippen LogP contribution >= 0.6 is 0 Å². The molecule has 1 saturated heterocycles. The number of carbonyl (C=O) groups is 1. The molecule has 8 nitrogen and oxygen atoms in total. The number of rotatable bonds is 10. The third-order valence-corrected chi connectivity index (χ3v) is 9.67. The second-order valence-electron chi connectivity index (χ2n) is 12.8. The number of hydrogen-bond acceptors (Lipinski definition) is 5. The number of fused-ring (bicyclic) bond motifs is 1. The lowest BCUT2D eigenvalue weighted by Gasteiger charge is -2.40. The number of sulfonamides is 1. The van der Waals surface area contributed by atoms with Crippen LogP contribution in [0.1, 0.15) is 81.6 Å². The number of hydrogen-bond donors (Lipinski definition) is 1. The van der Waals surface area contributed by atoms with E-state index in [4.69, 9.17) is 0 Å². The van der Waals surface area contributed by atoms with Gasteiger partial charge in [-0.15, -0.1) is 0 Å². The predicted molar refractivity (Wildman–Crippen MR) is 165 cm³/mol. The first-order valence-corrected chi connectivity index (χ1v) is 17.1. The summed E-state index contributed by atoms with van der Waals surface area (Å²) in [4.78, 5) is 22.4. The van der Waals surface area contributed by atoms with Gasteiger partial charge < -0.3 is 14.4 Å². The van der Waals surface area contributed by atoms with E-state index in [1.54, 1.807) is 17.2 Å². The molecule has 10 heteroatoms. The van der Waals surface area contributed by atoms with Crippen molar-refractivity contribution in [3.05, 3.63) is 59.8 Å². The summed E-state index contributed by atoms with van der Waals surface area (Å²) >= 11 is 0. The largest absolute Gasteiger partial charge is 0.334 e. The summed E-state index contributed by atoms with van der Waals surface area (Å²) in [5.74, 6) is 0.394. The Morgan fingerprint density at radius 3 is 2.43 bits per heavy atom. The second kappa shape index (κ2) is 12.4. The third kappa shape index (κ3) is 6.71. The highest BCUT2D eigenvalue weighted by Crippen LogP contribution is 2.37. The summed E-state index contributed by atoms with van der Waals surface area (Å²) < 4.78 is 42.3. The number of amides is 1. The first-order chi connectivity index (χ1) is 19.9. The van der Waals surface area contributed by atoms with Crippen molar-refractivity contribution in [1.82, 2.24) is 24.1 Å². The zero-order valence-electron chi connectivity index (χ0n) is 25.4. The van der Waals surface area contributed by atoms with Crippen LogP contribution in [-0.2, 0) is 10.0 Å². The third-order valence-electron chi connectivity index (χ3n) is 8.91. The average Bonchev–Trinajstić information content (AvgIpc) is 3.26. The Labute approximate surface area is 249 Å². The minimum atomic E-state index is -3.15. The Hall–Kier alpha value is -2.82. The molecule has 2 aliphatic rings. The van der Waals surface area contributed by atoms with Gasteiger partial charge in [0.1, 0.15) is 5.82 Å². The van der Waals surface area contributed by atoms with Crippen LogP contribution in [0.5, 0.6) is 0 Å². The average molecular weight is 598 g/mol. The van der Waals surface area contributed by atoms with Crippen LogP contribution in [0.4, 0.5) is 4.39 Å². The van der Waals surface area contributed by atoms with E-state index in [0.717, 1.165) is 62.6 Å². The van der Waals surface area contributed by atoms with E-state index in [-0.39, 0.29) is 24.0 Å². The van der Waals surface area contributed by atoms with E-state index in [9.17, 15) is 17.6 Å². The van der Waals surface area contributed by atoms with Crippen molar-refractivity contribution < 1.29 is 17.6 Å². The zero-order chi connectivity index (χ0) is 30.2. The van der Waals surface area contributed by atoms with Crippen molar-refractivity contribution in [1.29, 1.82) is 0 Å². The van der Waals surface area contributed by atoms with E-state index in [1.807, 2.05) is 44.5 Å². The first-order valence-electron chi connectivity index (χ1n) is 15.2. The van der Waals surface area contributed by atoms with Gasteiger partial charge in [0.05, 0.1) is 29.2 Å². The molecule has 0 unspecified atom stereocenters. The number of benzene rings is 1. The number of halogens is 1. The summed E-state index contributed by atoms with van der Waals surface area (Å²) in [6, 6.07) is 6.54. The van der Waals surface area contributed by atoms with Crippen LogP contribution < -0.4 is 4.72 Å². The summed E-state index contributed by atoms with van der Waals surface area (Å²) in [5, 5.41) is 1.11. The maximum atomic E-state index is 14.5. The van der Waals surface area contributed by atoms with E-state index >= 15 is 0 Å². The van der Waals surface area contributed by atoms with Crippen LogP contribution in [0.3, 0.4) is 0 Å². The molecule has 0 radical (unpaired) electrons. The number of aromatic nitrogens is 2. The van der Waals surface area contributed by atoms with Gasteiger partial charge in [0.15, 0.2) is 0 Å². The smallest absolute Gasteiger partial charge is 0.256 e. The molecule has 0 spiro atoms. The van der Waals surface area contributed by atoms with Crippen LogP contribution in [0.15, 0.2) is 42.9 Å². The lowest BCUT2D eigenvalue weighted by atomic mass is 9.83. The molecule has 3 heterocycles. The highest BCUT2D eigenvalue weighted by atomic mass is 32.2. The summed E-state index contributed by atoms with van der Waals surface area (Å²) in [6.45, 7) is 10.9. The van der Waals surface area contributed by atoms with Crippen LogP contribution in [0.2, 0.25) is 0 Å². The monoisotopic (exact) mass is 597 g/mol. The lowest BCUT2D eigenvalue weighted by molar-refractivity contribution is 0.0643.